The van der Waals surface area contributed by atoms with E-state index in [-0.39, 0.29) is 5.91 Å². The Labute approximate surface area is 121 Å². The molecule has 6 nitrogen and oxygen atoms in total. The van der Waals surface area contributed by atoms with Crippen molar-refractivity contribution in [3.8, 4) is 0 Å². The van der Waals surface area contributed by atoms with Gasteiger partial charge in [0.15, 0.2) is 5.82 Å². The molecule has 1 saturated heterocycles. The van der Waals surface area contributed by atoms with Crippen molar-refractivity contribution in [1.82, 2.24) is 19.7 Å². The number of thiazole rings is 1. The topological polar surface area (TPSA) is 63.1 Å². The van der Waals surface area contributed by atoms with Gasteiger partial charge in [0.05, 0.1) is 17.2 Å². The Balaban J connectivity index is 1.59. The number of nitrogens with zero attached hydrogens (tertiary/aromatic N) is 4. The van der Waals surface area contributed by atoms with Crippen LogP contribution in [0.4, 0.5) is 5.82 Å². The first-order chi connectivity index (χ1) is 9.70. The van der Waals surface area contributed by atoms with E-state index in [2.05, 4.69) is 25.7 Å². The summed E-state index contributed by atoms with van der Waals surface area (Å²) in [6.45, 7) is 4.42. The average Bonchev–Trinajstić information content (AvgIpc) is 3.09. The second-order valence-corrected chi connectivity index (χ2v) is 5.74. The van der Waals surface area contributed by atoms with Crippen molar-refractivity contribution in [3.63, 3.8) is 0 Å². The van der Waals surface area contributed by atoms with Crippen LogP contribution in [0, 0.1) is 0 Å². The number of likely N-dealkylation sites (tertiary alicyclic amines) is 1. The van der Waals surface area contributed by atoms with Gasteiger partial charge in [0.25, 0.3) is 0 Å². The lowest BCUT2D eigenvalue weighted by Crippen LogP contribution is -2.21. The Morgan fingerprint density at radius 2 is 2.50 bits per heavy atom. The molecule has 1 aliphatic heterocycles. The van der Waals surface area contributed by atoms with Crippen molar-refractivity contribution in [2.24, 2.45) is 0 Å². The number of hydrogen-bond donors (Lipinski definition) is 1. The molecule has 20 heavy (non-hydrogen) atoms. The molecule has 0 unspecified atom stereocenters. The number of nitrogens with one attached hydrogen (secondary N) is 1. The van der Waals surface area contributed by atoms with Crippen LogP contribution in [0.25, 0.3) is 0 Å². The molecular weight excluding hydrogens is 274 g/mol. The van der Waals surface area contributed by atoms with Gasteiger partial charge in [0.2, 0.25) is 5.91 Å². The predicted octanol–water partition coefficient (Wildman–Crippen LogP) is 1.74. The standard InChI is InChI=1S/C13H17N5OS/c1-10(19)15-13-3-5-18(16-13)12-2-4-17(7-12)6-11-8-20-9-14-11/h3,5,8-9,12H,2,4,6-7H2,1H3,(H,15,16,19)/t12-/m0/s1. The molecule has 106 valence electrons. The quantitative estimate of drug-likeness (QED) is 0.932. The molecule has 0 aliphatic carbocycles. The fraction of sp³-hybridized carbons (Fsp3) is 0.462. The maximum atomic E-state index is 11.0. The molecule has 0 bridgehead atoms. The first kappa shape index (κ1) is 13.3. The summed E-state index contributed by atoms with van der Waals surface area (Å²) in [4.78, 5) is 17.7. The fourth-order valence-corrected chi connectivity index (χ4v) is 3.05. The molecule has 0 radical (unpaired) electrons. The van der Waals surface area contributed by atoms with Crippen LogP contribution in [0.15, 0.2) is 23.2 Å². The Hall–Kier alpha value is -1.73. The van der Waals surface area contributed by atoms with Gasteiger partial charge in [-0.25, -0.2) is 4.98 Å². The third-order valence-corrected chi connectivity index (χ3v) is 4.04. The SMILES string of the molecule is CC(=O)Nc1ccn([C@H]2CCN(Cc3cscn3)C2)n1. The largest absolute Gasteiger partial charge is 0.309 e. The van der Waals surface area contributed by atoms with Gasteiger partial charge >= 0.3 is 0 Å². The van der Waals surface area contributed by atoms with Gasteiger partial charge in [-0.15, -0.1) is 11.3 Å². The van der Waals surface area contributed by atoms with Gasteiger partial charge < -0.3 is 5.32 Å². The van der Waals surface area contributed by atoms with E-state index < -0.39 is 0 Å². The van der Waals surface area contributed by atoms with Crippen LogP contribution in [-0.4, -0.2) is 38.7 Å². The van der Waals surface area contributed by atoms with Crippen LogP contribution in [0.3, 0.4) is 0 Å². The van der Waals surface area contributed by atoms with Gasteiger partial charge in [0.1, 0.15) is 0 Å². The van der Waals surface area contributed by atoms with Gasteiger partial charge in [-0.1, -0.05) is 0 Å². The Kier molecular flexibility index (Phi) is 3.79. The third kappa shape index (κ3) is 3.05. The van der Waals surface area contributed by atoms with Crippen molar-refractivity contribution >= 4 is 23.1 Å². The zero-order valence-electron chi connectivity index (χ0n) is 11.3. The van der Waals surface area contributed by atoms with Gasteiger partial charge in [0, 0.05) is 44.2 Å². The zero-order chi connectivity index (χ0) is 13.9. The molecule has 7 heteroatoms. The summed E-state index contributed by atoms with van der Waals surface area (Å²) in [6.07, 6.45) is 3.01. The summed E-state index contributed by atoms with van der Waals surface area (Å²) in [5, 5.41) is 9.20. The molecule has 0 saturated carbocycles. The van der Waals surface area contributed by atoms with E-state index in [4.69, 9.17) is 0 Å². The number of anilines is 1. The summed E-state index contributed by atoms with van der Waals surface area (Å²) in [6, 6.07) is 2.21. The van der Waals surface area contributed by atoms with E-state index in [1.807, 2.05) is 22.5 Å². The highest BCUT2D eigenvalue weighted by Crippen LogP contribution is 2.23. The molecule has 1 N–H and O–H groups in total. The summed E-state index contributed by atoms with van der Waals surface area (Å²) >= 11 is 1.63. The highest BCUT2D eigenvalue weighted by atomic mass is 32.1. The highest BCUT2D eigenvalue weighted by Gasteiger charge is 2.24. The van der Waals surface area contributed by atoms with Crippen LogP contribution in [-0.2, 0) is 11.3 Å². The molecule has 3 rings (SSSR count). The first-order valence-electron chi connectivity index (χ1n) is 6.63. The summed E-state index contributed by atoms with van der Waals surface area (Å²) in [7, 11) is 0. The van der Waals surface area contributed by atoms with Crippen molar-refractivity contribution in [2.75, 3.05) is 18.4 Å². The van der Waals surface area contributed by atoms with E-state index in [0.29, 0.717) is 11.9 Å². The molecule has 2 aromatic rings. The number of aromatic nitrogens is 3. The minimum Gasteiger partial charge on any atom is -0.309 e. The van der Waals surface area contributed by atoms with E-state index >= 15 is 0 Å². The molecule has 3 heterocycles. The number of hydrogen-bond acceptors (Lipinski definition) is 5. The normalized spacial score (nSPS) is 19.4. The number of rotatable bonds is 4. The summed E-state index contributed by atoms with van der Waals surface area (Å²) < 4.78 is 1.95. The van der Waals surface area contributed by atoms with E-state index in [1.54, 1.807) is 11.3 Å². The molecule has 2 aromatic heterocycles. The molecule has 1 atom stereocenters. The minimum atomic E-state index is -0.0909. The number of carbonyl (C=O) groups is 1. The maximum Gasteiger partial charge on any atom is 0.222 e. The lowest BCUT2D eigenvalue weighted by Gasteiger charge is -2.14. The van der Waals surface area contributed by atoms with Crippen molar-refractivity contribution in [2.45, 2.75) is 25.9 Å². The van der Waals surface area contributed by atoms with Crippen molar-refractivity contribution < 1.29 is 4.79 Å². The van der Waals surface area contributed by atoms with Crippen molar-refractivity contribution in [3.05, 3.63) is 28.8 Å². The molecule has 0 aromatic carbocycles. The number of amides is 1. The van der Waals surface area contributed by atoms with Crippen LogP contribution in [0.2, 0.25) is 0 Å². The Morgan fingerprint density at radius 3 is 3.25 bits per heavy atom. The summed E-state index contributed by atoms with van der Waals surface area (Å²) in [5.41, 5.74) is 3.01. The van der Waals surface area contributed by atoms with Gasteiger partial charge in [-0.2, -0.15) is 5.10 Å². The van der Waals surface area contributed by atoms with E-state index in [0.717, 1.165) is 31.7 Å². The molecule has 1 amide bonds. The van der Waals surface area contributed by atoms with Crippen molar-refractivity contribution in [1.29, 1.82) is 0 Å². The van der Waals surface area contributed by atoms with Crippen LogP contribution in [0.5, 0.6) is 0 Å². The Bertz CT molecular complexity index is 579. The average molecular weight is 291 g/mol. The fourth-order valence-electron chi connectivity index (χ4n) is 2.50. The predicted molar refractivity (Wildman–Crippen MR) is 77.6 cm³/mol. The lowest BCUT2D eigenvalue weighted by molar-refractivity contribution is -0.114. The van der Waals surface area contributed by atoms with Crippen LogP contribution < -0.4 is 5.32 Å². The molecular formula is C13H17N5OS. The smallest absolute Gasteiger partial charge is 0.222 e. The second kappa shape index (κ2) is 5.72. The number of carbonyl (C=O) groups excluding carboxylic acids is 1. The van der Waals surface area contributed by atoms with Gasteiger partial charge in [-0.3, -0.25) is 14.4 Å². The van der Waals surface area contributed by atoms with Crippen LogP contribution in [0.1, 0.15) is 25.1 Å². The maximum absolute atomic E-state index is 11.0. The minimum absolute atomic E-state index is 0.0909. The lowest BCUT2D eigenvalue weighted by atomic mass is 10.3. The van der Waals surface area contributed by atoms with Crippen LogP contribution >= 0.6 is 11.3 Å². The molecule has 0 spiro atoms. The van der Waals surface area contributed by atoms with Gasteiger partial charge in [-0.05, 0) is 6.42 Å². The Morgan fingerprint density at radius 1 is 1.60 bits per heavy atom. The van der Waals surface area contributed by atoms with E-state index in [9.17, 15) is 4.79 Å². The highest BCUT2D eigenvalue weighted by molar-refractivity contribution is 7.07. The van der Waals surface area contributed by atoms with E-state index in [1.165, 1.54) is 6.92 Å². The summed E-state index contributed by atoms with van der Waals surface area (Å²) in [5.74, 6) is 0.530. The third-order valence-electron chi connectivity index (χ3n) is 3.40. The first-order valence-corrected chi connectivity index (χ1v) is 7.57. The monoisotopic (exact) mass is 291 g/mol. The molecule has 1 fully saturated rings. The molecule has 1 aliphatic rings. The second-order valence-electron chi connectivity index (χ2n) is 5.02. The zero-order valence-corrected chi connectivity index (χ0v) is 12.1.